The number of hydrogen-bond donors (Lipinski definition) is 0. The van der Waals surface area contributed by atoms with E-state index in [1.54, 1.807) is 6.07 Å². The monoisotopic (exact) mass is 311 g/mol. The third-order valence-electron chi connectivity index (χ3n) is 4.06. The molecule has 1 aromatic rings. The van der Waals surface area contributed by atoms with E-state index in [0.717, 1.165) is 12.8 Å². The minimum atomic E-state index is -0.411. The van der Waals surface area contributed by atoms with Crippen molar-refractivity contribution < 1.29 is 9.66 Å². The number of nitro groups is 1. The van der Waals surface area contributed by atoms with Crippen LogP contribution in [0.15, 0.2) is 18.2 Å². The zero-order valence-corrected chi connectivity index (χ0v) is 13.5. The molecule has 1 fully saturated rings. The third kappa shape index (κ3) is 4.42. The number of hydrogen-bond acceptors (Lipinski definition) is 3. The third-order valence-corrected chi connectivity index (χ3v) is 4.43. The van der Waals surface area contributed by atoms with Crippen LogP contribution in [-0.2, 0) is 11.3 Å². The second-order valence-corrected chi connectivity index (χ2v) is 7.29. The van der Waals surface area contributed by atoms with E-state index in [-0.39, 0.29) is 17.2 Å². The first-order valence-corrected chi connectivity index (χ1v) is 7.69. The molecule has 0 aliphatic heterocycles. The van der Waals surface area contributed by atoms with Gasteiger partial charge in [-0.1, -0.05) is 32.4 Å². The number of non-ortho nitro benzene ring substituents is 1. The van der Waals surface area contributed by atoms with Crippen molar-refractivity contribution in [3.63, 3.8) is 0 Å². The zero-order chi connectivity index (χ0) is 15.6. The summed E-state index contributed by atoms with van der Waals surface area (Å²) in [5.74, 6) is 0.638. The molecule has 2 rings (SSSR count). The van der Waals surface area contributed by atoms with Gasteiger partial charge in [0.1, 0.15) is 0 Å². The van der Waals surface area contributed by atoms with Crippen LogP contribution in [-0.4, -0.2) is 11.0 Å². The number of ether oxygens (including phenoxy) is 1. The second kappa shape index (κ2) is 6.32. The van der Waals surface area contributed by atoms with Crippen LogP contribution in [0, 0.1) is 21.4 Å². The smallest absolute Gasteiger partial charge is 0.269 e. The van der Waals surface area contributed by atoms with Crippen molar-refractivity contribution in [2.24, 2.45) is 11.3 Å². The number of nitro benzene ring substituents is 1. The molecule has 0 aromatic heterocycles. The maximum absolute atomic E-state index is 10.8. The highest BCUT2D eigenvalue weighted by Crippen LogP contribution is 2.40. The lowest BCUT2D eigenvalue weighted by Crippen LogP contribution is -2.32. The topological polar surface area (TPSA) is 52.4 Å². The summed E-state index contributed by atoms with van der Waals surface area (Å²) in [6.45, 7) is 7.10. The summed E-state index contributed by atoms with van der Waals surface area (Å²) in [4.78, 5) is 10.4. The fourth-order valence-electron chi connectivity index (χ4n) is 3.38. The molecule has 0 N–H and O–H groups in total. The van der Waals surface area contributed by atoms with Crippen LogP contribution < -0.4 is 0 Å². The van der Waals surface area contributed by atoms with Gasteiger partial charge in [-0.25, -0.2) is 0 Å². The average Bonchev–Trinajstić information content (AvgIpc) is 2.35. The van der Waals surface area contributed by atoms with Gasteiger partial charge in [0.2, 0.25) is 0 Å². The Kier molecular flexibility index (Phi) is 4.89. The molecule has 2 atom stereocenters. The van der Waals surface area contributed by atoms with Gasteiger partial charge >= 0.3 is 0 Å². The van der Waals surface area contributed by atoms with E-state index in [2.05, 4.69) is 20.8 Å². The predicted octanol–water partition coefficient (Wildman–Crippen LogP) is 4.98. The summed E-state index contributed by atoms with van der Waals surface area (Å²) < 4.78 is 5.98. The number of rotatable bonds is 4. The van der Waals surface area contributed by atoms with E-state index < -0.39 is 4.92 Å². The van der Waals surface area contributed by atoms with Crippen molar-refractivity contribution in [1.82, 2.24) is 0 Å². The summed E-state index contributed by atoms with van der Waals surface area (Å²) in [6.07, 6.45) is 3.46. The lowest BCUT2D eigenvalue weighted by atomic mass is 9.71. The number of halogens is 1. The van der Waals surface area contributed by atoms with Crippen molar-refractivity contribution in [3.8, 4) is 0 Å². The quantitative estimate of drug-likeness (QED) is 0.582. The molecular weight excluding hydrogens is 290 g/mol. The molecule has 0 amide bonds. The van der Waals surface area contributed by atoms with Crippen LogP contribution >= 0.6 is 11.6 Å². The van der Waals surface area contributed by atoms with Crippen LogP contribution in [0.2, 0.25) is 5.02 Å². The van der Waals surface area contributed by atoms with Crippen LogP contribution in [0.1, 0.15) is 45.6 Å². The summed E-state index contributed by atoms with van der Waals surface area (Å²) >= 11 is 6.10. The molecule has 116 valence electrons. The van der Waals surface area contributed by atoms with Gasteiger partial charge in [-0.3, -0.25) is 10.1 Å². The second-order valence-electron chi connectivity index (χ2n) is 6.88. The largest absolute Gasteiger partial charge is 0.373 e. The SMILES string of the molecule is CC1CC(OCc2cc([N+](=O)[O-])ccc2Cl)CC(C)(C)C1. The van der Waals surface area contributed by atoms with Crippen LogP contribution in [0.3, 0.4) is 0 Å². The molecule has 0 heterocycles. The maximum atomic E-state index is 10.8. The molecule has 1 aliphatic rings. The van der Waals surface area contributed by atoms with Crippen molar-refractivity contribution in [2.45, 2.75) is 52.7 Å². The molecular formula is C16H22ClNO3. The fraction of sp³-hybridized carbons (Fsp3) is 0.625. The Morgan fingerprint density at radius 3 is 2.76 bits per heavy atom. The van der Waals surface area contributed by atoms with Gasteiger partial charge in [0.15, 0.2) is 0 Å². The van der Waals surface area contributed by atoms with Crippen LogP contribution in [0.5, 0.6) is 0 Å². The highest BCUT2D eigenvalue weighted by molar-refractivity contribution is 6.31. The Morgan fingerprint density at radius 2 is 2.14 bits per heavy atom. The van der Waals surface area contributed by atoms with E-state index >= 15 is 0 Å². The molecule has 4 nitrogen and oxygen atoms in total. The first-order valence-electron chi connectivity index (χ1n) is 7.31. The Hall–Kier alpha value is -1.13. The minimum absolute atomic E-state index is 0.0512. The van der Waals surface area contributed by atoms with Gasteiger partial charge in [-0.05, 0) is 36.7 Å². The molecule has 0 spiro atoms. The van der Waals surface area contributed by atoms with Gasteiger partial charge in [-0.15, -0.1) is 0 Å². The molecule has 21 heavy (non-hydrogen) atoms. The summed E-state index contributed by atoms with van der Waals surface area (Å²) in [5.41, 5.74) is 1.02. The van der Waals surface area contributed by atoms with Gasteiger partial charge in [0.25, 0.3) is 5.69 Å². The Morgan fingerprint density at radius 1 is 1.43 bits per heavy atom. The fourth-order valence-corrected chi connectivity index (χ4v) is 3.55. The van der Waals surface area contributed by atoms with Crippen molar-refractivity contribution in [3.05, 3.63) is 38.9 Å². The van der Waals surface area contributed by atoms with E-state index in [0.29, 0.717) is 23.1 Å². The van der Waals surface area contributed by atoms with Gasteiger partial charge in [0, 0.05) is 22.7 Å². The molecule has 2 unspecified atom stereocenters. The highest BCUT2D eigenvalue weighted by Gasteiger charge is 2.32. The molecule has 0 bridgehead atoms. The van der Waals surface area contributed by atoms with Gasteiger partial charge < -0.3 is 4.74 Å². The average molecular weight is 312 g/mol. The van der Waals surface area contributed by atoms with Crippen molar-refractivity contribution in [1.29, 1.82) is 0 Å². The molecule has 0 saturated heterocycles. The standard InChI is InChI=1S/C16H22ClNO3/c1-11-6-14(9-16(2,3)8-11)21-10-12-7-13(18(19)20)4-5-15(12)17/h4-5,7,11,14H,6,8-10H2,1-3H3. The molecule has 5 heteroatoms. The zero-order valence-electron chi connectivity index (χ0n) is 12.8. The summed E-state index contributed by atoms with van der Waals surface area (Å²) in [5, 5.41) is 11.3. The van der Waals surface area contributed by atoms with E-state index in [4.69, 9.17) is 16.3 Å². The van der Waals surface area contributed by atoms with Crippen molar-refractivity contribution >= 4 is 17.3 Å². The highest BCUT2D eigenvalue weighted by atomic mass is 35.5. The van der Waals surface area contributed by atoms with Gasteiger partial charge in [-0.2, -0.15) is 0 Å². The lowest BCUT2D eigenvalue weighted by Gasteiger charge is -2.38. The first kappa shape index (κ1) is 16.2. The van der Waals surface area contributed by atoms with Crippen LogP contribution in [0.4, 0.5) is 5.69 Å². The Balaban J connectivity index is 2.02. The first-order chi connectivity index (χ1) is 9.77. The van der Waals surface area contributed by atoms with E-state index in [9.17, 15) is 10.1 Å². The molecule has 1 saturated carbocycles. The van der Waals surface area contributed by atoms with Gasteiger partial charge in [0.05, 0.1) is 17.6 Å². The molecule has 1 aliphatic carbocycles. The molecule has 1 aromatic carbocycles. The Bertz CT molecular complexity index is 530. The number of nitrogens with zero attached hydrogens (tertiary/aromatic N) is 1. The normalized spacial score (nSPS) is 24.8. The van der Waals surface area contributed by atoms with E-state index in [1.165, 1.54) is 18.6 Å². The minimum Gasteiger partial charge on any atom is -0.373 e. The van der Waals surface area contributed by atoms with Crippen LogP contribution in [0.25, 0.3) is 0 Å². The van der Waals surface area contributed by atoms with Crippen molar-refractivity contribution in [2.75, 3.05) is 0 Å². The lowest BCUT2D eigenvalue weighted by molar-refractivity contribution is -0.385. The summed E-state index contributed by atoms with van der Waals surface area (Å²) in [6, 6.07) is 4.48. The van der Waals surface area contributed by atoms with E-state index in [1.807, 2.05) is 0 Å². The molecule has 0 radical (unpaired) electrons. The Labute approximate surface area is 130 Å². The predicted molar refractivity (Wildman–Crippen MR) is 83.5 cm³/mol. The summed E-state index contributed by atoms with van der Waals surface area (Å²) in [7, 11) is 0. The maximum Gasteiger partial charge on any atom is 0.269 e. The number of benzene rings is 1.